The Morgan fingerprint density at radius 3 is 1.95 bits per heavy atom. The maximum absolute atomic E-state index is 6.18. The predicted molar refractivity (Wildman–Crippen MR) is 93.8 cm³/mol. The van der Waals surface area contributed by atoms with Crippen molar-refractivity contribution < 1.29 is 0 Å². The van der Waals surface area contributed by atoms with Crippen molar-refractivity contribution in [3.05, 3.63) is 0 Å². The Kier molecular flexibility index (Phi) is 11.3. The van der Waals surface area contributed by atoms with Gasteiger partial charge < -0.3 is 10.6 Å². The summed E-state index contributed by atoms with van der Waals surface area (Å²) in [7, 11) is 0. The molecule has 0 bridgehead atoms. The average molecular weight is 296 g/mol. The van der Waals surface area contributed by atoms with Gasteiger partial charge in [-0.05, 0) is 19.3 Å². The molecular formula is C18H37N3. The molecule has 21 heavy (non-hydrogen) atoms. The van der Waals surface area contributed by atoms with Crippen LogP contribution in [-0.2, 0) is 0 Å². The molecule has 124 valence electrons. The molecule has 0 radical (unpaired) electrons. The van der Waals surface area contributed by atoms with Gasteiger partial charge >= 0.3 is 0 Å². The molecule has 3 heteroatoms. The Bertz CT molecular complexity index is 253. The van der Waals surface area contributed by atoms with Crippen molar-refractivity contribution in [2.45, 2.75) is 90.4 Å². The second kappa shape index (κ2) is 13.0. The van der Waals surface area contributed by atoms with Gasteiger partial charge in [0, 0.05) is 19.6 Å². The van der Waals surface area contributed by atoms with E-state index >= 15 is 0 Å². The highest BCUT2D eigenvalue weighted by Crippen LogP contribution is 2.11. The predicted octanol–water partition coefficient (Wildman–Crippen LogP) is 4.71. The lowest BCUT2D eigenvalue weighted by Crippen LogP contribution is -2.38. The molecule has 0 unspecified atom stereocenters. The first kappa shape index (κ1) is 18.3. The van der Waals surface area contributed by atoms with Crippen molar-refractivity contribution in [1.29, 1.82) is 0 Å². The summed E-state index contributed by atoms with van der Waals surface area (Å²) < 4.78 is 0. The van der Waals surface area contributed by atoms with Gasteiger partial charge in [-0.25, -0.2) is 0 Å². The minimum absolute atomic E-state index is 0.794. The molecule has 1 heterocycles. The molecule has 0 aromatic heterocycles. The lowest BCUT2D eigenvalue weighted by molar-refractivity contribution is 0.399. The van der Waals surface area contributed by atoms with Crippen LogP contribution in [-0.4, -0.2) is 30.5 Å². The van der Waals surface area contributed by atoms with Gasteiger partial charge in [-0.2, -0.15) is 0 Å². The molecular weight excluding hydrogens is 258 g/mol. The topological polar surface area (TPSA) is 41.6 Å². The van der Waals surface area contributed by atoms with E-state index < -0.39 is 0 Å². The number of aliphatic imine (C=N–C) groups is 1. The van der Waals surface area contributed by atoms with Crippen LogP contribution < -0.4 is 5.73 Å². The molecule has 0 atom stereocenters. The Balaban J connectivity index is 2.12. The maximum Gasteiger partial charge on any atom is 0.191 e. The number of rotatable bonds is 8. The molecule has 0 aromatic rings. The normalized spacial score (nSPS) is 18.1. The van der Waals surface area contributed by atoms with Crippen LogP contribution in [0.25, 0.3) is 0 Å². The van der Waals surface area contributed by atoms with E-state index in [-0.39, 0.29) is 0 Å². The highest BCUT2D eigenvalue weighted by Gasteiger charge is 2.09. The number of nitrogens with zero attached hydrogens (tertiary/aromatic N) is 2. The van der Waals surface area contributed by atoms with Gasteiger partial charge in [-0.15, -0.1) is 0 Å². The van der Waals surface area contributed by atoms with E-state index in [4.69, 9.17) is 5.73 Å². The van der Waals surface area contributed by atoms with Crippen molar-refractivity contribution in [2.24, 2.45) is 10.7 Å². The van der Waals surface area contributed by atoms with Crippen LogP contribution in [0.2, 0.25) is 0 Å². The molecule has 1 fully saturated rings. The summed E-state index contributed by atoms with van der Waals surface area (Å²) in [5.41, 5.74) is 6.18. The zero-order chi connectivity index (χ0) is 15.2. The molecule has 3 nitrogen and oxygen atoms in total. The Labute approximate surface area is 132 Å². The van der Waals surface area contributed by atoms with E-state index in [1.54, 1.807) is 0 Å². The number of hydrogen-bond acceptors (Lipinski definition) is 1. The second-order valence-electron chi connectivity index (χ2n) is 6.47. The van der Waals surface area contributed by atoms with Crippen molar-refractivity contribution in [3.63, 3.8) is 0 Å². The standard InChI is InChI=1S/C18H37N3/c1-2-3-4-5-6-9-12-15-20-18(19)21-16-13-10-7-8-11-14-17-21/h2-17H2,1H3,(H2,19,20). The number of guanidine groups is 1. The zero-order valence-corrected chi connectivity index (χ0v) is 14.3. The molecule has 1 saturated heterocycles. The van der Waals surface area contributed by atoms with Gasteiger partial charge in [0.1, 0.15) is 0 Å². The maximum atomic E-state index is 6.18. The fourth-order valence-electron chi connectivity index (χ4n) is 3.02. The zero-order valence-electron chi connectivity index (χ0n) is 14.3. The lowest BCUT2D eigenvalue weighted by Gasteiger charge is -2.22. The van der Waals surface area contributed by atoms with Crippen LogP contribution in [0.3, 0.4) is 0 Å². The fraction of sp³-hybridized carbons (Fsp3) is 0.944. The number of nitrogens with two attached hydrogens (primary N) is 1. The van der Waals surface area contributed by atoms with Gasteiger partial charge in [0.05, 0.1) is 0 Å². The Morgan fingerprint density at radius 2 is 1.33 bits per heavy atom. The van der Waals surface area contributed by atoms with Crippen LogP contribution in [0.1, 0.15) is 90.4 Å². The lowest BCUT2D eigenvalue weighted by atomic mass is 10.1. The molecule has 0 saturated carbocycles. The molecule has 0 amide bonds. The van der Waals surface area contributed by atoms with Gasteiger partial charge in [0.15, 0.2) is 5.96 Å². The molecule has 1 aliphatic heterocycles. The average Bonchev–Trinajstić information content (AvgIpc) is 2.63. The van der Waals surface area contributed by atoms with E-state index in [0.29, 0.717) is 0 Å². The molecule has 0 spiro atoms. The van der Waals surface area contributed by atoms with Crippen LogP contribution in [0.15, 0.2) is 4.99 Å². The third-order valence-electron chi connectivity index (χ3n) is 4.47. The fourth-order valence-corrected chi connectivity index (χ4v) is 3.02. The Hall–Kier alpha value is -0.730. The van der Waals surface area contributed by atoms with Crippen LogP contribution in [0.5, 0.6) is 0 Å². The minimum atomic E-state index is 0.794. The van der Waals surface area contributed by atoms with Gasteiger partial charge in [-0.3, -0.25) is 4.99 Å². The third kappa shape index (κ3) is 9.76. The van der Waals surface area contributed by atoms with E-state index in [1.165, 1.54) is 83.5 Å². The first-order chi connectivity index (χ1) is 10.3. The number of unbranched alkanes of at least 4 members (excludes halogenated alkanes) is 6. The van der Waals surface area contributed by atoms with E-state index in [1.807, 2.05) is 0 Å². The summed E-state index contributed by atoms with van der Waals surface area (Å²) >= 11 is 0. The molecule has 1 aliphatic rings. The first-order valence-electron chi connectivity index (χ1n) is 9.39. The van der Waals surface area contributed by atoms with Crippen molar-refractivity contribution in [2.75, 3.05) is 19.6 Å². The van der Waals surface area contributed by atoms with Crippen molar-refractivity contribution in [1.82, 2.24) is 4.90 Å². The summed E-state index contributed by atoms with van der Waals surface area (Å²) in [6, 6.07) is 0. The quantitative estimate of drug-likeness (QED) is 0.400. The highest BCUT2D eigenvalue weighted by molar-refractivity contribution is 5.78. The SMILES string of the molecule is CCCCCCCCCN=C(N)N1CCCCCCCC1. The second-order valence-corrected chi connectivity index (χ2v) is 6.47. The largest absolute Gasteiger partial charge is 0.370 e. The van der Waals surface area contributed by atoms with Gasteiger partial charge in [0.25, 0.3) is 0 Å². The summed E-state index contributed by atoms with van der Waals surface area (Å²) in [4.78, 5) is 6.92. The third-order valence-corrected chi connectivity index (χ3v) is 4.47. The molecule has 2 N–H and O–H groups in total. The van der Waals surface area contributed by atoms with Gasteiger partial charge in [-0.1, -0.05) is 71.1 Å². The summed E-state index contributed by atoms with van der Waals surface area (Å²) in [5.74, 6) is 0.794. The van der Waals surface area contributed by atoms with Crippen molar-refractivity contribution in [3.8, 4) is 0 Å². The Morgan fingerprint density at radius 1 is 0.810 bits per heavy atom. The minimum Gasteiger partial charge on any atom is -0.370 e. The van der Waals surface area contributed by atoms with E-state index in [0.717, 1.165) is 25.6 Å². The van der Waals surface area contributed by atoms with Crippen molar-refractivity contribution >= 4 is 5.96 Å². The monoisotopic (exact) mass is 295 g/mol. The molecule has 0 aliphatic carbocycles. The van der Waals surface area contributed by atoms with Crippen LogP contribution in [0.4, 0.5) is 0 Å². The van der Waals surface area contributed by atoms with E-state index in [2.05, 4.69) is 16.8 Å². The summed E-state index contributed by atoms with van der Waals surface area (Å²) in [5, 5.41) is 0. The highest BCUT2D eigenvalue weighted by atomic mass is 15.2. The van der Waals surface area contributed by atoms with Gasteiger partial charge in [0.2, 0.25) is 0 Å². The molecule has 1 rings (SSSR count). The molecule has 0 aromatic carbocycles. The summed E-state index contributed by atoms with van der Waals surface area (Å²) in [6.07, 6.45) is 17.4. The smallest absolute Gasteiger partial charge is 0.191 e. The van der Waals surface area contributed by atoms with Crippen LogP contribution >= 0.6 is 0 Å². The number of hydrogen-bond donors (Lipinski definition) is 1. The van der Waals surface area contributed by atoms with E-state index in [9.17, 15) is 0 Å². The van der Waals surface area contributed by atoms with Crippen LogP contribution in [0, 0.1) is 0 Å². The first-order valence-corrected chi connectivity index (χ1v) is 9.39. The summed E-state index contributed by atoms with van der Waals surface area (Å²) in [6.45, 7) is 5.39.